The zero-order chi connectivity index (χ0) is 25.1. The minimum Gasteiger partial charge on any atom is -0.480 e. The minimum atomic E-state index is -1.19. The Morgan fingerprint density at radius 1 is 1.15 bits per heavy atom. The van der Waals surface area contributed by atoms with Crippen molar-refractivity contribution in [2.24, 2.45) is 17.4 Å². The van der Waals surface area contributed by atoms with Crippen LogP contribution in [0.15, 0.2) is 0 Å². The van der Waals surface area contributed by atoms with Crippen molar-refractivity contribution in [1.82, 2.24) is 20.9 Å². The summed E-state index contributed by atoms with van der Waals surface area (Å²) in [7, 11) is 0. The van der Waals surface area contributed by atoms with Crippen LogP contribution in [-0.4, -0.2) is 83.3 Å². The highest BCUT2D eigenvalue weighted by Gasteiger charge is 2.35. The van der Waals surface area contributed by atoms with E-state index in [4.69, 9.17) is 11.5 Å². The Morgan fingerprint density at radius 3 is 2.36 bits per heavy atom. The number of carbonyl (C=O) groups excluding carboxylic acids is 5. The summed E-state index contributed by atoms with van der Waals surface area (Å²) < 4.78 is 0. The van der Waals surface area contributed by atoms with Gasteiger partial charge in [-0.15, -0.1) is 0 Å². The van der Waals surface area contributed by atoms with Gasteiger partial charge >= 0.3 is 5.97 Å². The van der Waals surface area contributed by atoms with Crippen LogP contribution in [0.2, 0.25) is 0 Å². The molecule has 0 aromatic carbocycles. The van der Waals surface area contributed by atoms with Crippen LogP contribution in [0, 0.1) is 5.92 Å². The Labute approximate surface area is 192 Å². The molecular weight excluding hydrogens is 436 g/mol. The number of nitrogens with zero attached hydrogens (tertiary/aromatic N) is 1. The van der Waals surface area contributed by atoms with E-state index in [1.807, 2.05) is 0 Å². The third-order valence-corrected chi connectivity index (χ3v) is 5.58. The van der Waals surface area contributed by atoms with Crippen molar-refractivity contribution < 1.29 is 33.9 Å². The third kappa shape index (κ3) is 8.67. The molecule has 1 aliphatic heterocycles. The molecule has 0 aliphatic carbocycles. The predicted octanol–water partition coefficient (Wildman–Crippen LogP) is -2.58. The molecule has 1 heterocycles. The summed E-state index contributed by atoms with van der Waals surface area (Å²) in [6.07, 6.45) is 1.21. The predicted molar refractivity (Wildman–Crippen MR) is 116 cm³/mol. The molecule has 13 nitrogen and oxygen atoms in total. The van der Waals surface area contributed by atoms with E-state index >= 15 is 0 Å². The van der Waals surface area contributed by atoms with Gasteiger partial charge in [0.1, 0.15) is 18.1 Å². The number of primary amides is 1. The Kier molecular flexibility index (Phi) is 11.3. The molecule has 1 rings (SSSR count). The number of likely N-dealkylation sites (tertiary alicyclic amines) is 1. The summed E-state index contributed by atoms with van der Waals surface area (Å²) in [5.74, 6) is -4.63. The van der Waals surface area contributed by atoms with Crippen LogP contribution < -0.4 is 27.4 Å². The number of hydrogen-bond acceptors (Lipinski definition) is 7. The molecule has 0 saturated carbocycles. The number of rotatable bonds is 13. The van der Waals surface area contributed by atoms with Crippen LogP contribution in [0.25, 0.3) is 0 Å². The van der Waals surface area contributed by atoms with Crippen molar-refractivity contribution in [3.05, 3.63) is 0 Å². The van der Waals surface area contributed by atoms with E-state index in [1.165, 1.54) is 4.90 Å². The van der Waals surface area contributed by atoms with Crippen molar-refractivity contribution >= 4 is 35.5 Å². The molecule has 5 amide bonds. The number of amides is 5. The van der Waals surface area contributed by atoms with Crippen molar-refractivity contribution in [2.45, 2.75) is 64.1 Å². The zero-order valence-corrected chi connectivity index (χ0v) is 19.0. The summed E-state index contributed by atoms with van der Waals surface area (Å²) in [4.78, 5) is 73.3. The first kappa shape index (κ1) is 27.8. The second-order valence-corrected chi connectivity index (χ2v) is 8.00. The lowest BCUT2D eigenvalue weighted by Gasteiger charge is -2.26. The van der Waals surface area contributed by atoms with Crippen molar-refractivity contribution in [3.8, 4) is 0 Å². The quantitative estimate of drug-likeness (QED) is 0.168. The number of carboxylic acids is 1. The van der Waals surface area contributed by atoms with E-state index in [-0.39, 0.29) is 25.3 Å². The van der Waals surface area contributed by atoms with E-state index in [2.05, 4.69) is 16.0 Å². The van der Waals surface area contributed by atoms with Crippen LogP contribution in [0.3, 0.4) is 0 Å². The second-order valence-electron chi connectivity index (χ2n) is 8.00. The number of aliphatic carboxylic acids is 1. The maximum Gasteiger partial charge on any atom is 0.326 e. The molecule has 0 radical (unpaired) electrons. The highest BCUT2D eigenvalue weighted by molar-refractivity contribution is 5.94. The molecule has 0 aromatic heterocycles. The average Bonchev–Trinajstić information content (AvgIpc) is 3.27. The van der Waals surface area contributed by atoms with Gasteiger partial charge in [-0.2, -0.15) is 0 Å². The molecule has 8 N–H and O–H groups in total. The van der Waals surface area contributed by atoms with Crippen LogP contribution in [0.4, 0.5) is 0 Å². The van der Waals surface area contributed by atoms with Gasteiger partial charge in [0, 0.05) is 13.0 Å². The third-order valence-electron chi connectivity index (χ3n) is 5.58. The maximum atomic E-state index is 12.7. The molecule has 186 valence electrons. The Balaban J connectivity index is 2.77. The molecule has 33 heavy (non-hydrogen) atoms. The van der Waals surface area contributed by atoms with Crippen LogP contribution in [-0.2, 0) is 28.8 Å². The summed E-state index contributed by atoms with van der Waals surface area (Å²) in [6.45, 7) is 3.05. The number of hydrogen-bond donors (Lipinski definition) is 6. The first-order valence-corrected chi connectivity index (χ1v) is 10.9. The topological polar surface area (TPSA) is 214 Å². The van der Waals surface area contributed by atoms with Crippen molar-refractivity contribution in [2.75, 3.05) is 19.6 Å². The van der Waals surface area contributed by atoms with Gasteiger partial charge in [0.2, 0.25) is 29.5 Å². The maximum absolute atomic E-state index is 12.7. The molecule has 0 spiro atoms. The molecule has 1 aliphatic rings. The van der Waals surface area contributed by atoms with E-state index in [9.17, 15) is 33.9 Å². The fourth-order valence-corrected chi connectivity index (χ4v) is 3.48. The number of carbonyl (C=O) groups is 6. The lowest BCUT2D eigenvalue weighted by Crippen LogP contribution is -2.55. The zero-order valence-electron chi connectivity index (χ0n) is 19.0. The van der Waals surface area contributed by atoms with Crippen molar-refractivity contribution in [1.29, 1.82) is 0 Å². The lowest BCUT2D eigenvalue weighted by atomic mass is 9.99. The molecule has 0 aromatic rings. The first-order chi connectivity index (χ1) is 15.5. The van der Waals surface area contributed by atoms with E-state index in [1.54, 1.807) is 13.8 Å². The molecular formula is C20H34N6O7. The molecule has 13 heteroatoms. The molecule has 1 saturated heterocycles. The van der Waals surface area contributed by atoms with Gasteiger partial charge in [-0.05, 0) is 25.2 Å². The van der Waals surface area contributed by atoms with Gasteiger partial charge < -0.3 is 37.4 Å². The average molecular weight is 471 g/mol. The van der Waals surface area contributed by atoms with Gasteiger partial charge in [0.15, 0.2) is 0 Å². The minimum absolute atomic E-state index is 0.114. The Hall–Kier alpha value is -3.22. The Morgan fingerprint density at radius 2 is 1.82 bits per heavy atom. The largest absolute Gasteiger partial charge is 0.480 e. The van der Waals surface area contributed by atoms with Gasteiger partial charge in [-0.3, -0.25) is 24.0 Å². The summed E-state index contributed by atoms with van der Waals surface area (Å²) in [5, 5.41) is 16.5. The summed E-state index contributed by atoms with van der Waals surface area (Å²) >= 11 is 0. The van der Waals surface area contributed by atoms with E-state index in [0.29, 0.717) is 25.8 Å². The van der Waals surface area contributed by atoms with Gasteiger partial charge in [0.05, 0.1) is 13.1 Å². The standard InChI is InChI=1S/C20H34N6O7/c1-3-11(2)17(20(32)33)25-15(28)10-23-18(30)12(6-7-14(22)27)24-19(31)13-5-4-8-26(13)16(29)9-21/h11-13,17H,3-10,21H2,1-2H3,(H2,22,27)(H,23,30)(H,24,31)(H,25,28)(H,32,33)/t11-,12-,13-,17-/m0/s1. The fourth-order valence-electron chi connectivity index (χ4n) is 3.48. The summed E-state index contributed by atoms with van der Waals surface area (Å²) in [6, 6.07) is -3.09. The highest BCUT2D eigenvalue weighted by atomic mass is 16.4. The molecule has 1 fully saturated rings. The smallest absolute Gasteiger partial charge is 0.326 e. The number of nitrogens with one attached hydrogen (secondary N) is 3. The van der Waals surface area contributed by atoms with Crippen LogP contribution >= 0.6 is 0 Å². The SMILES string of the molecule is CC[C@H](C)[C@H](NC(=O)CNC(=O)[C@H](CCC(N)=O)NC(=O)[C@@H]1CCCN1C(=O)CN)C(=O)O. The normalized spacial score (nSPS) is 18.0. The lowest BCUT2D eigenvalue weighted by molar-refractivity contribution is -0.143. The van der Waals surface area contributed by atoms with E-state index < -0.39 is 60.2 Å². The highest BCUT2D eigenvalue weighted by Crippen LogP contribution is 2.17. The fraction of sp³-hybridized carbons (Fsp3) is 0.700. The van der Waals surface area contributed by atoms with Crippen LogP contribution in [0.1, 0.15) is 46.0 Å². The Bertz CT molecular complexity index is 759. The van der Waals surface area contributed by atoms with Gasteiger partial charge in [-0.25, -0.2) is 4.79 Å². The first-order valence-electron chi connectivity index (χ1n) is 10.9. The van der Waals surface area contributed by atoms with E-state index in [0.717, 1.165) is 0 Å². The van der Waals surface area contributed by atoms with Gasteiger partial charge in [-0.1, -0.05) is 20.3 Å². The van der Waals surface area contributed by atoms with Crippen molar-refractivity contribution in [3.63, 3.8) is 0 Å². The number of carboxylic acid groups (broad SMARTS) is 1. The molecule has 0 bridgehead atoms. The number of nitrogens with two attached hydrogens (primary N) is 2. The monoisotopic (exact) mass is 470 g/mol. The van der Waals surface area contributed by atoms with Gasteiger partial charge in [0.25, 0.3) is 0 Å². The van der Waals surface area contributed by atoms with Crippen LogP contribution in [0.5, 0.6) is 0 Å². The molecule has 4 atom stereocenters. The molecule has 0 unspecified atom stereocenters. The second kappa shape index (κ2) is 13.4. The summed E-state index contributed by atoms with van der Waals surface area (Å²) in [5.41, 5.74) is 10.5.